The van der Waals surface area contributed by atoms with E-state index in [2.05, 4.69) is 6.92 Å². The Morgan fingerprint density at radius 2 is 0.830 bits per heavy atom. The Kier molecular flexibility index (Phi) is 28.1. The summed E-state index contributed by atoms with van der Waals surface area (Å²) in [6.45, 7) is 11.4. The van der Waals surface area contributed by atoms with Gasteiger partial charge in [0.2, 0.25) is 0 Å². The molecule has 16 heteroatoms. The molecule has 0 unspecified atom stereocenters. The second kappa shape index (κ2) is 29.2. The third-order valence-corrected chi connectivity index (χ3v) is 8.08. The molecule has 0 aromatic heterocycles. The normalized spacial score (nSPS) is 11.4. The minimum atomic E-state index is -3.72. The summed E-state index contributed by atoms with van der Waals surface area (Å²) in [6.07, 6.45) is 0.995. The van der Waals surface area contributed by atoms with E-state index in [-0.39, 0.29) is 36.2 Å². The second-order valence-corrected chi connectivity index (χ2v) is 13.6. The van der Waals surface area contributed by atoms with Crippen molar-refractivity contribution in [3.63, 3.8) is 0 Å². The highest BCUT2D eigenvalue weighted by molar-refractivity contribution is 8.13. The fourth-order valence-electron chi connectivity index (χ4n) is 3.03. The highest BCUT2D eigenvalue weighted by atomic mass is 35.7. The van der Waals surface area contributed by atoms with Gasteiger partial charge in [-0.1, -0.05) is 42.3 Å². The van der Waals surface area contributed by atoms with Crippen LogP contribution < -0.4 is 0 Å². The van der Waals surface area contributed by atoms with E-state index in [0.717, 1.165) is 24.2 Å². The molecule has 2 aromatic rings. The zero-order chi connectivity index (χ0) is 35.2. The molecule has 272 valence electrons. The largest absolute Gasteiger partial charge is 0.394 e. The van der Waals surface area contributed by atoms with E-state index < -0.39 is 19.2 Å². The lowest BCUT2D eigenvalue weighted by atomic mass is 10.2. The average Bonchev–Trinajstić information content (AvgIpc) is 3.03. The quantitative estimate of drug-likeness (QED) is 0.0918. The molecule has 47 heavy (non-hydrogen) atoms. The summed E-state index contributed by atoms with van der Waals surface area (Å²) >= 11 is 0. The fraction of sp³-hybridized carbons (Fsp3) is 0.613. The number of ether oxygens (including phenoxy) is 6. The summed E-state index contributed by atoms with van der Waals surface area (Å²) in [7, 11) is -2.18. The molecule has 0 fully saturated rings. The molecular weight excluding hydrogens is 680 g/mol. The van der Waals surface area contributed by atoms with Gasteiger partial charge in [-0.15, -0.1) is 0 Å². The number of halogens is 1. The summed E-state index contributed by atoms with van der Waals surface area (Å²) in [5.41, 5.74) is 2.00. The molecule has 0 aliphatic heterocycles. The molecule has 2 aromatic carbocycles. The minimum Gasteiger partial charge on any atom is -0.394 e. The van der Waals surface area contributed by atoms with E-state index in [1.165, 1.54) is 24.3 Å². The Bertz CT molecular complexity index is 1200. The van der Waals surface area contributed by atoms with Crippen LogP contribution in [0.15, 0.2) is 58.3 Å². The standard InChI is InChI=1S/C16H26O6S.C8H18O5.C7H7ClO2S/c1-3-8-19-9-10-20-11-12-21-13-14-22-23(17,18)16-6-4-15(2)5-7-16;9-1-3-11-5-7-13-8-6-12-4-2-10;1-6-2-4-7(5-3-6)11(8,9)10/h4-7H,3,8-14H2,1-2H3;9-10H,1-8H2;2-5H,1H3. The number of aliphatic hydroxyl groups is 2. The van der Waals surface area contributed by atoms with Crippen LogP contribution in [0.1, 0.15) is 24.5 Å². The van der Waals surface area contributed by atoms with Crippen LogP contribution in [0.25, 0.3) is 0 Å². The van der Waals surface area contributed by atoms with Gasteiger partial charge in [-0.05, 0) is 44.5 Å². The van der Waals surface area contributed by atoms with Gasteiger partial charge in [0.05, 0.1) is 102 Å². The first-order valence-electron chi connectivity index (χ1n) is 15.1. The molecular formula is C31H51ClO13S2. The number of aliphatic hydroxyl groups excluding tert-OH is 2. The van der Waals surface area contributed by atoms with Crippen LogP contribution in [0.3, 0.4) is 0 Å². The van der Waals surface area contributed by atoms with Gasteiger partial charge in [-0.2, -0.15) is 8.42 Å². The third kappa shape index (κ3) is 26.9. The van der Waals surface area contributed by atoms with Crippen molar-refractivity contribution in [1.82, 2.24) is 0 Å². The van der Waals surface area contributed by atoms with Gasteiger partial charge < -0.3 is 38.6 Å². The summed E-state index contributed by atoms with van der Waals surface area (Å²) in [6, 6.07) is 12.9. The highest BCUT2D eigenvalue weighted by Crippen LogP contribution is 2.14. The highest BCUT2D eigenvalue weighted by Gasteiger charge is 2.14. The Morgan fingerprint density at radius 3 is 1.17 bits per heavy atom. The molecule has 13 nitrogen and oxygen atoms in total. The molecule has 0 spiro atoms. The Hall–Kier alpha value is -1.73. The van der Waals surface area contributed by atoms with Gasteiger partial charge in [-0.3, -0.25) is 4.18 Å². The molecule has 0 saturated heterocycles. The van der Waals surface area contributed by atoms with E-state index in [0.29, 0.717) is 66.1 Å². The van der Waals surface area contributed by atoms with Crippen molar-refractivity contribution < 1.29 is 59.7 Å². The van der Waals surface area contributed by atoms with Crippen LogP contribution in [0.5, 0.6) is 0 Å². The van der Waals surface area contributed by atoms with Crippen molar-refractivity contribution in [2.45, 2.75) is 37.0 Å². The molecule has 2 rings (SSSR count). The van der Waals surface area contributed by atoms with Crippen LogP contribution in [-0.4, -0.2) is 126 Å². The molecule has 0 aliphatic carbocycles. The van der Waals surface area contributed by atoms with Crippen molar-refractivity contribution in [3.05, 3.63) is 59.7 Å². The van der Waals surface area contributed by atoms with Crippen LogP contribution in [0, 0.1) is 13.8 Å². The Morgan fingerprint density at radius 1 is 0.511 bits per heavy atom. The number of hydrogen-bond donors (Lipinski definition) is 2. The first-order chi connectivity index (χ1) is 22.5. The lowest BCUT2D eigenvalue weighted by molar-refractivity contribution is 0.00230. The predicted octanol–water partition coefficient (Wildman–Crippen LogP) is 3.10. The average molecular weight is 731 g/mol. The summed E-state index contributed by atoms with van der Waals surface area (Å²) < 4.78 is 80.9. The number of aryl methyl sites for hydroxylation is 2. The van der Waals surface area contributed by atoms with Crippen molar-refractivity contribution in [1.29, 1.82) is 0 Å². The minimum absolute atomic E-state index is 0.0180. The topological polar surface area (TPSA) is 173 Å². The summed E-state index contributed by atoms with van der Waals surface area (Å²) in [4.78, 5) is 0.295. The summed E-state index contributed by atoms with van der Waals surface area (Å²) in [5, 5.41) is 16.7. The first-order valence-corrected chi connectivity index (χ1v) is 18.8. The Labute approximate surface area is 284 Å². The van der Waals surface area contributed by atoms with Crippen molar-refractivity contribution in [2.75, 3.05) is 99.1 Å². The maximum atomic E-state index is 11.9. The maximum Gasteiger partial charge on any atom is 0.297 e. The van der Waals surface area contributed by atoms with Crippen LogP contribution in [-0.2, 0) is 51.8 Å². The zero-order valence-corrected chi connectivity index (χ0v) is 29.9. The molecule has 0 atom stereocenters. The first kappa shape index (κ1) is 45.3. The molecule has 0 bridgehead atoms. The van der Waals surface area contributed by atoms with Crippen molar-refractivity contribution >= 4 is 29.9 Å². The number of rotatable bonds is 24. The van der Waals surface area contributed by atoms with Crippen molar-refractivity contribution in [2.24, 2.45) is 0 Å². The molecule has 0 radical (unpaired) electrons. The van der Waals surface area contributed by atoms with Gasteiger partial charge in [0.25, 0.3) is 19.2 Å². The van der Waals surface area contributed by atoms with Gasteiger partial charge in [0.15, 0.2) is 0 Å². The van der Waals surface area contributed by atoms with E-state index in [1.54, 1.807) is 24.3 Å². The molecule has 2 N–H and O–H groups in total. The number of hydrogen-bond acceptors (Lipinski definition) is 13. The molecule has 0 amide bonds. The molecule has 0 aliphatic rings. The van der Waals surface area contributed by atoms with Gasteiger partial charge in [0, 0.05) is 17.3 Å². The zero-order valence-electron chi connectivity index (χ0n) is 27.5. The SMILES string of the molecule is CCCOCCOCCOCCOS(=O)(=O)c1ccc(C)cc1.Cc1ccc(S(=O)(=O)Cl)cc1.OCCOCCOCCOCCO. The Balaban J connectivity index is 0.000000744. The smallest absolute Gasteiger partial charge is 0.297 e. The lowest BCUT2D eigenvalue weighted by Crippen LogP contribution is -2.14. The second-order valence-electron chi connectivity index (χ2n) is 9.46. The lowest BCUT2D eigenvalue weighted by Gasteiger charge is -2.08. The van der Waals surface area contributed by atoms with Gasteiger partial charge in [-0.25, -0.2) is 8.42 Å². The van der Waals surface area contributed by atoms with E-state index in [1.807, 2.05) is 13.8 Å². The van der Waals surface area contributed by atoms with Crippen LogP contribution in [0.2, 0.25) is 0 Å². The van der Waals surface area contributed by atoms with E-state index in [4.69, 9.17) is 53.5 Å². The molecule has 0 heterocycles. The van der Waals surface area contributed by atoms with Gasteiger partial charge >= 0.3 is 0 Å². The van der Waals surface area contributed by atoms with E-state index in [9.17, 15) is 16.8 Å². The van der Waals surface area contributed by atoms with Gasteiger partial charge in [0.1, 0.15) is 0 Å². The van der Waals surface area contributed by atoms with E-state index >= 15 is 0 Å². The number of benzene rings is 2. The van der Waals surface area contributed by atoms with Crippen LogP contribution >= 0.6 is 10.7 Å². The predicted molar refractivity (Wildman–Crippen MR) is 178 cm³/mol. The van der Waals surface area contributed by atoms with Crippen molar-refractivity contribution in [3.8, 4) is 0 Å². The van der Waals surface area contributed by atoms with Crippen LogP contribution in [0.4, 0.5) is 0 Å². The summed E-state index contributed by atoms with van der Waals surface area (Å²) in [5.74, 6) is 0. The molecule has 0 saturated carbocycles. The fourth-order valence-corrected chi connectivity index (χ4v) is 4.70. The third-order valence-electron chi connectivity index (χ3n) is 5.39. The monoisotopic (exact) mass is 730 g/mol. The maximum absolute atomic E-state index is 11.9.